The minimum Gasteiger partial charge on any atom is -0.304 e. The molecule has 0 radical (unpaired) electrons. The Hall–Kier alpha value is -0.970. The number of H-pyrrole nitrogens is 1. The molecule has 100 valence electrons. The summed E-state index contributed by atoms with van der Waals surface area (Å²) < 4.78 is 0. The molecule has 1 aromatic rings. The smallest absolute Gasteiger partial charge is 0.191 e. The van der Waals surface area contributed by atoms with Gasteiger partial charge in [-0.1, -0.05) is 26.0 Å². The third-order valence-corrected chi connectivity index (χ3v) is 5.44. The van der Waals surface area contributed by atoms with Crippen LogP contribution in [0.5, 0.6) is 0 Å². The molecule has 2 bridgehead atoms. The monoisotopic (exact) mass is 249 g/mol. The molecule has 18 heavy (non-hydrogen) atoms. The SMILES string of the molecule is CC(NC1C2(C)CCC(C2)C1(C)C)c1nn[nH]n1. The Bertz CT molecular complexity index is 422. The summed E-state index contributed by atoms with van der Waals surface area (Å²) >= 11 is 0. The molecule has 0 amide bonds. The Balaban J connectivity index is 1.80. The molecule has 2 aliphatic carbocycles. The van der Waals surface area contributed by atoms with E-state index in [1.165, 1.54) is 19.3 Å². The molecule has 3 rings (SSSR count). The summed E-state index contributed by atoms with van der Waals surface area (Å²) in [4.78, 5) is 0. The van der Waals surface area contributed by atoms with Crippen molar-refractivity contribution in [3.05, 3.63) is 5.82 Å². The van der Waals surface area contributed by atoms with Gasteiger partial charge in [0.2, 0.25) is 0 Å². The molecule has 2 saturated carbocycles. The van der Waals surface area contributed by atoms with E-state index in [-0.39, 0.29) is 6.04 Å². The summed E-state index contributed by atoms with van der Waals surface area (Å²) in [5.41, 5.74) is 0.803. The molecule has 0 aliphatic heterocycles. The molecule has 0 spiro atoms. The first-order chi connectivity index (χ1) is 8.43. The Morgan fingerprint density at radius 1 is 1.39 bits per heavy atom. The van der Waals surface area contributed by atoms with Gasteiger partial charge in [-0.3, -0.25) is 0 Å². The zero-order valence-corrected chi connectivity index (χ0v) is 11.7. The second-order valence-electron chi connectivity index (χ2n) is 7.01. The largest absolute Gasteiger partial charge is 0.304 e. The maximum Gasteiger partial charge on any atom is 0.191 e. The Morgan fingerprint density at radius 3 is 2.72 bits per heavy atom. The van der Waals surface area contributed by atoms with Crippen LogP contribution in [0.25, 0.3) is 0 Å². The van der Waals surface area contributed by atoms with Gasteiger partial charge in [0.25, 0.3) is 0 Å². The fourth-order valence-electron chi connectivity index (χ4n) is 4.40. The first kappa shape index (κ1) is 12.1. The normalized spacial score (nSPS) is 39.1. The van der Waals surface area contributed by atoms with Crippen LogP contribution in [0.3, 0.4) is 0 Å². The summed E-state index contributed by atoms with van der Waals surface area (Å²) in [6.07, 6.45) is 4.09. The van der Waals surface area contributed by atoms with Crippen LogP contribution in [-0.4, -0.2) is 26.7 Å². The van der Waals surface area contributed by atoms with Gasteiger partial charge in [-0.05, 0) is 42.9 Å². The van der Waals surface area contributed by atoms with E-state index in [1.807, 2.05) is 0 Å². The molecule has 4 unspecified atom stereocenters. The topological polar surface area (TPSA) is 66.5 Å². The van der Waals surface area contributed by atoms with Gasteiger partial charge in [0.05, 0.1) is 6.04 Å². The quantitative estimate of drug-likeness (QED) is 0.860. The molecule has 1 heterocycles. The highest BCUT2D eigenvalue weighted by Crippen LogP contribution is 2.62. The number of fused-ring (bicyclic) bond motifs is 2. The Morgan fingerprint density at radius 2 is 2.17 bits per heavy atom. The lowest BCUT2D eigenvalue weighted by Gasteiger charge is -2.44. The van der Waals surface area contributed by atoms with E-state index < -0.39 is 0 Å². The number of aromatic amines is 1. The van der Waals surface area contributed by atoms with E-state index in [1.54, 1.807) is 0 Å². The van der Waals surface area contributed by atoms with Gasteiger partial charge in [-0.25, -0.2) is 0 Å². The summed E-state index contributed by atoms with van der Waals surface area (Å²) in [5.74, 6) is 1.62. The molecule has 0 aromatic carbocycles. The van der Waals surface area contributed by atoms with Gasteiger partial charge in [0.1, 0.15) is 0 Å². The molecule has 0 saturated heterocycles. The lowest BCUT2D eigenvalue weighted by atomic mass is 9.68. The molecular weight excluding hydrogens is 226 g/mol. The maximum atomic E-state index is 4.08. The number of rotatable bonds is 3. The van der Waals surface area contributed by atoms with Gasteiger partial charge in [0, 0.05) is 6.04 Å². The van der Waals surface area contributed by atoms with Crippen LogP contribution in [-0.2, 0) is 0 Å². The van der Waals surface area contributed by atoms with E-state index in [4.69, 9.17) is 0 Å². The van der Waals surface area contributed by atoms with Crippen molar-refractivity contribution in [2.75, 3.05) is 0 Å². The standard InChI is InChI=1S/C13H23N5/c1-8(10-15-17-18-16-10)14-11-12(2,3)9-5-6-13(11,4)7-9/h8-9,11,14H,5-7H2,1-4H3,(H,15,16,17,18). The van der Waals surface area contributed by atoms with Crippen molar-refractivity contribution in [3.8, 4) is 0 Å². The molecule has 2 fully saturated rings. The maximum absolute atomic E-state index is 4.08. The van der Waals surface area contributed by atoms with Crippen molar-refractivity contribution in [2.24, 2.45) is 16.7 Å². The third kappa shape index (κ3) is 1.60. The second-order valence-corrected chi connectivity index (χ2v) is 7.01. The van der Waals surface area contributed by atoms with Crippen molar-refractivity contribution in [3.63, 3.8) is 0 Å². The van der Waals surface area contributed by atoms with E-state index in [2.05, 4.69) is 53.6 Å². The van der Waals surface area contributed by atoms with Crippen LogP contribution in [0.2, 0.25) is 0 Å². The van der Waals surface area contributed by atoms with Crippen molar-refractivity contribution >= 4 is 0 Å². The lowest BCUT2D eigenvalue weighted by molar-refractivity contribution is 0.0993. The highest BCUT2D eigenvalue weighted by molar-refractivity contribution is 5.13. The molecular formula is C13H23N5. The summed E-state index contributed by atoms with van der Waals surface area (Å²) in [6.45, 7) is 9.37. The van der Waals surface area contributed by atoms with Gasteiger partial charge < -0.3 is 5.32 Å². The predicted octanol–water partition coefficient (Wildman–Crippen LogP) is 2.07. The molecule has 2 aliphatic rings. The zero-order chi connectivity index (χ0) is 13.0. The van der Waals surface area contributed by atoms with E-state index in [0.29, 0.717) is 16.9 Å². The number of nitrogens with zero attached hydrogens (tertiary/aromatic N) is 3. The van der Waals surface area contributed by atoms with Gasteiger partial charge >= 0.3 is 0 Å². The van der Waals surface area contributed by atoms with Crippen LogP contribution in [0.1, 0.15) is 58.8 Å². The van der Waals surface area contributed by atoms with Gasteiger partial charge in [-0.15, -0.1) is 10.2 Å². The van der Waals surface area contributed by atoms with Gasteiger partial charge in [-0.2, -0.15) is 5.21 Å². The van der Waals surface area contributed by atoms with Crippen LogP contribution in [0.4, 0.5) is 0 Å². The van der Waals surface area contributed by atoms with Crippen molar-refractivity contribution in [1.82, 2.24) is 25.9 Å². The minimum absolute atomic E-state index is 0.157. The number of nitrogens with one attached hydrogen (secondary N) is 2. The minimum atomic E-state index is 0.157. The van der Waals surface area contributed by atoms with Crippen molar-refractivity contribution < 1.29 is 0 Å². The van der Waals surface area contributed by atoms with Crippen LogP contribution >= 0.6 is 0 Å². The average molecular weight is 249 g/mol. The van der Waals surface area contributed by atoms with Crippen LogP contribution in [0, 0.1) is 16.7 Å². The number of tetrazole rings is 1. The first-order valence-electron chi connectivity index (χ1n) is 6.93. The molecule has 2 N–H and O–H groups in total. The number of hydrogen-bond donors (Lipinski definition) is 2. The second kappa shape index (κ2) is 3.76. The van der Waals surface area contributed by atoms with Gasteiger partial charge in [0.15, 0.2) is 5.82 Å². The van der Waals surface area contributed by atoms with Crippen molar-refractivity contribution in [2.45, 2.75) is 59.0 Å². The fourth-order valence-corrected chi connectivity index (χ4v) is 4.40. The van der Waals surface area contributed by atoms with Crippen LogP contribution in [0.15, 0.2) is 0 Å². The highest BCUT2D eigenvalue weighted by atomic mass is 15.5. The number of aromatic nitrogens is 4. The fraction of sp³-hybridized carbons (Fsp3) is 0.923. The van der Waals surface area contributed by atoms with E-state index >= 15 is 0 Å². The Labute approximate surface area is 108 Å². The van der Waals surface area contributed by atoms with E-state index in [0.717, 1.165) is 11.7 Å². The van der Waals surface area contributed by atoms with Crippen molar-refractivity contribution in [1.29, 1.82) is 0 Å². The predicted molar refractivity (Wildman–Crippen MR) is 68.7 cm³/mol. The van der Waals surface area contributed by atoms with Crippen LogP contribution < -0.4 is 5.32 Å². The summed E-state index contributed by atoms with van der Waals surface area (Å²) in [7, 11) is 0. The molecule has 1 aromatic heterocycles. The summed E-state index contributed by atoms with van der Waals surface area (Å²) in [5, 5.41) is 18.1. The number of hydrogen-bond acceptors (Lipinski definition) is 4. The summed E-state index contributed by atoms with van der Waals surface area (Å²) in [6, 6.07) is 0.696. The van der Waals surface area contributed by atoms with E-state index in [9.17, 15) is 0 Å². The average Bonchev–Trinajstić information content (AvgIpc) is 2.96. The molecule has 5 nitrogen and oxygen atoms in total. The lowest BCUT2D eigenvalue weighted by Crippen LogP contribution is -2.51. The zero-order valence-electron chi connectivity index (χ0n) is 11.7. The molecule has 4 atom stereocenters. The first-order valence-corrected chi connectivity index (χ1v) is 6.93. The Kier molecular flexibility index (Phi) is 2.52. The molecule has 5 heteroatoms. The third-order valence-electron chi connectivity index (χ3n) is 5.44. The highest BCUT2D eigenvalue weighted by Gasteiger charge is 2.59.